The van der Waals surface area contributed by atoms with Crippen LogP contribution in [0.3, 0.4) is 0 Å². The molecule has 0 aliphatic carbocycles. The van der Waals surface area contributed by atoms with Crippen LogP contribution in [0, 0.1) is 0 Å². The minimum Gasteiger partial charge on any atom is -0.481 e. The molecule has 3 unspecified atom stereocenters. The van der Waals surface area contributed by atoms with Gasteiger partial charge in [0.25, 0.3) is 0 Å². The highest BCUT2D eigenvalue weighted by molar-refractivity contribution is 5.75. The van der Waals surface area contributed by atoms with Gasteiger partial charge in [0.05, 0.1) is 11.6 Å². The number of rotatable bonds is 6. The molecule has 0 radical (unpaired) electrons. The molecule has 1 heterocycles. The van der Waals surface area contributed by atoms with Crippen LogP contribution in [0.15, 0.2) is 0 Å². The molecule has 6 nitrogen and oxygen atoms in total. The predicted molar refractivity (Wildman–Crippen MR) is 71.1 cm³/mol. The van der Waals surface area contributed by atoms with E-state index in [9.17, 15) is 9.59 Å². The summed E-state index contributed by atoms with van der Waals surface area (Å²) in [5.74, 6) is -0.805. The lowest BCUT2D eigenvalue weighted by Crippen LogP contribution is -2.55. The summed E-state index contributed by atoms with van der Waals surface area (Å²) in [7, 11) is 0. The summed E-state index contributed by atoms with van der Waals surface area (Å²) in [4.78, 5) is 22.3. The SMILES string of the molecule is CC(CCCC(=O)O)NC(=O)NC1(C)CCOC1C. The quantitative estimate of drug-likeness (QED) is 0.683. The summed E-state index contributed by atoms with van der Waals surface area (Å²) in [6.45, 7) is 6.45. The number of carboxylic acid groups (broad SMARTS) is 1. The Balaban J connectivity index is 2.28. The second-order valence-corrected chi connectivity index (χ2v) is 5.47. The lowest BCUT2D eigenvalue weighted by molar-refractivity contribution is -0.137. The van der Waals surface area contributed by atoms with E-state index in [1.54, 1.807) is 0 Å². The zero-order chi connectivity index (χ0) is 14.5. The van der Waals surface area contributed by atoms with Crippen LogP contribution in [0.1, 0.15) is 46.5 Å². The van der Waals surface area contributed by atoms with Crippen molar-refractivity contribution < 1.29 is 19.4 Å². The van der Waals surface area contributed by atoms with Crippen molar-refractivity contribution in [2.24, 2.45) is 0 Å². The maximum atomic E-state index is 11.9. The standard InChI is InChI=1S/C13H24N2O4/c1-9(5-4-6-11(16)17)14-12(18)15-13(3)7-8-19-10(13)2/h9-10H,4-8H2,1-3H3,(H,16,17)(H2,14,15,18). The minimum atomic E-state index is -0.805. The van der Waals surface area contributed by atoms with Gasteiger partial charge in [-0.2, -0.15) is 0 Å². The molecule has 3 N–H and O–H groups in total. The molecule has 110 valence electrons. The van der Waals surface area contributed by atoms with Crippen molar-refractivity contribution in [3.63, 3.8) is 0 Å². The molecule has 2 amide bonds. The molecule has 0 spiro atoms. The summed E-state index contributed by atoms with van der Waals surface area (Å²) in [5, 5.41) is 14.3. The van der Waals surface area contributed by atoms with Crippen LogP contribution in [0.5, 0.6) is 0 Å². The minimum absolute atomic E-state index is 0.000525. The van der Waals surface area contributed by atoms with E-state index in [0.29, 0.717) is 19.4 Å². The molecule has 0 saturated carbocycles. The van der Waals surface area contributed by atoms with Gasteiger partial charge in [-0.15, -0.1) is 0 Å². The van der Waals surface area contributed by atoms with E-state index in [1.807, 2.05) is 20.8 Å². The fourth-order valence-corrected chi connectivity index (χ4v) is 2.15. The number of carbonyl (C=O) groups is 2. The number of aliphatic carboxylic acids is 1. The lowest BCUT2D eigenvalue weighted by Gasteiger charge is -2.29. The maximum absolute atomic E-state index is 11.9. The van der Waals surface area contributed by atoms with Crippen LogP contribution in [0.2, 0.25) is 0 Å². The van der Waals surface area contributed by atoms with E-state index in [0.717, 1.165) is 6.42 Å². The van der Waals surface area contributed by atoms with Gasteiger partial charge in [0.15, 0.2) is 0 Å². The average molecular weight is 272 g/mol. The Kier molecular flexibility index (Phi) is 5.60. The lowest BCUT2D eigenvalue weighted by atomic mass is 9.95. The molecule has 6 heteroatoms. The van der Waals surface area contributed by atoms with Gasteiger partial charge in [0.1, 0.15) is 0 Å². The number of urea groups is 1. The number of carboxylic acids is 1. The van der Waals surface area contributed by atoms with Crippen LogP contribution in [-0.2, 0) is 9.53 Å². The molecule has 0 aromatic rings. The third kappa shape index (κ3) is 5.06. The second-order valence-electron chi connectivity index (χ2n) is 5.47. The second kappa shape index (κ2) is 6.75. The van der Waals surface area contributed by atoms with Crippen molar-refractivity contribution in [3.05, 3.63) is 0 Å². The molecular weight excluding hydrogens is 248 g/mol. The summed E-state index contributed by atoms with van der Waals surface area (Å²) in [6, 6.07) is -0.261. The first-order valence-electron chi connectivity index (χ1n) is 6.75. The van der Waals surface area contributed by atoms with E-state index in [4.69, 9.17) is 9.84 Å². The molecule has 1 fully saturated rings. The number of amides is 2. The zero-order valence-electron chi connectivity index (χ0n) is 11.9. The maximum Gasteiger partial charge on any atom is 0.315 e. The highest BCUT2D eigenvalue weighted by Crippen LogP contribution is 2.24. The van der Waals surface area contributed by atoms with Crippen molar-refractivity contribution in [3.8, 4) is 0 Å². The first-order chi connectivity index (χ1) is 8.83. The highest BCUT2D eigenvalue weighted by Gasteiger charge is 2.38. The van der Waals surface area contributed by atoms with Gasteiger partial charge in [-0.1, -0.05) is 0 Å². The van der Waals surface area contributed by atoms with Crippen LogP contribution in [-0.4, -0.2) is 41.4 Å². The summed E-state index contributed by atoms with van der Waals surface area (Å²) >= 11 is 0. The number of carbonyl (C=O) groups excluding carboxylic acids is 1. The molecule has 1 rings (SSSR count). The predicted octanol–water partition coefficient (Wildman–Crippen LogP) is 1.50. The van der Waals surface area contributed by atoms with Gasteiger partial charge in [-0.05, 0) is 40.0 Å². The Morgan fingerprint density at radius 3 is 2.74 bits per heavy atom. The molecular formula is C13H24N2O4. The van der Waals surface area contributed by atoms with E-state index in [1.165, 1.54) is 0 Å². The Morgan fingerprint density at radius 1 is 1.53 bits per heavy atom. The fraction of sp³-hybridized carbons (Fsp3) is 0.846. The van der Waals surface area contributed by atoms with Crippen molar-refractivity contribution >= 4 is 12.0 Å². The van der Waals surface area contributed by atoms with Gasteiger partial charge in [0.2, 0.25) is 0 Å². The Bertz CT molecular complexity index is 335. The van der Waals surface area contributed by atoms with Gasteiger partial charge < -0.3 is 20.5 Å². The van der Waals surface area contributed by atoms with E-state index >= 15 is 0 Å². The largest absolute Gasteiger partial charge is 0.481 e. The van der Waals surface area contributed by atoms with E-state index in [2.05, 4.69) is 10.6 Å². The Hall–Kier alpha value is -1.30. The zero-order valence-corrected chi connectivity index (χ0v) is 11.9. The van der Waals surface area contributed by atoms with E-state index < -0.39 is 5.97 Å². The molecule has 1 saturated heterocycles. The summed E-state index contributed by atoms with van der Waals surface area (Å²) in [6.07, 6.45) is 2.15. The van der Waals surface area contributed by atoms with Gasteiger partial charge >= 0.3 is 12.0 Å². The van der Waals surface area contributed by atoms with Crippen LogP contribution < -0.4 is 10.6 Å². The first kappa shape index (κ1) is 15.8. The van der Waals surface area contributed by atoms with Gasteiger partial charge in [0, 0.05) is 19.1 Å². The van der Waals surface area contributed by atoms with Crippen molar-refractivity contribution in [1.29, 1.82) is 0 Å². The van der Waals surface area contributed by atoms with Crippen LogP contribution in [0.25, 0.3) is 0 Å². The monoisotopic (exact) mass is 272 g/mol. The molecule has 3 atom stereocenters. The molecule has 0 aromatic carbocycles. The van der Waals surface area contributed by atoms with Crippen LogP contribution in [0.4, 0.5) is 4.79 Å². The van der Waals surface area contributed by atoms with Crippen LogP contribution >= 0.6 is 0 Å². The normalized spacial score (nSPS) is 27.8. The smallest absolute Gasteiger partial charge is 0.315 e. The van der Waals surface area contributed by atoms with Crippen molar-refractivity contribution in [1.82, 2.24) is 10.6 Å². The summed E-state index contributed by atoms with van der Waals surface area (Å²) < 4.78 is 5.46. The van der Waals surface area contributed by atoms with Gasteiger partial charge in [-0.3, -0.25) is 4.79 Å². The summed E-state index contributed by atoms with van der Waals surface area (Å²) in [5.41, 5.74) is -0.329. The number of ether oxygens (including phenoxy) is 1. The van der Waals surface area contributed by atoms with Crippen molar-refractivity contribution in [2.45, 2.75) is 64.1 Å². The fourth-order valence-electron chi connectivity index (χ4n) is 2.15. The molecule has 19 heavy (non-hydrogen) atoms. The molecule has 0 aromatic heterocycles. The topological polar surface area (TPSA) is 87.7 Å². The third-order valence-corrected chi connectivity index (χ3v) is 3.69. The highest BCUT2D eigenvalue weighted by atomic mass is 16.5. The first-order valence-corrected chi connectivity index (χ1v) is 6.75. The molecule has 1 aliphatic heterocycles. The number of nitrogens with one attached hydrogen (secondary N) is 2. The van der Waals surface area contributed by atoms with Crippen molar-refractivity contribution in [2.75, 3.05) is 6.61 Å². The Labute approximate surface area is 113 Å². The molecule has 1 aliphatic rings. The van der Waals surface area contributed by atoms with E-state index in [-0.39, 0.29) is 30.1 Å². The average Bonchev–Trinajstić information content (AvgIpc) is 2.57. The Morgan fingerprint density at radius 2 is 2.21 bits per heavy atom. The third-order valence-electron chi connectivity index (χ3n) is 3.69. The number of hydrogen-bond acceptors (Lipinski definition) is 3. The molecule has 0 bridgehead atoms. The van der Waals surface area contributed by atoms with Gasteiger partial charge in [-0.25, -0.2) is 4.79 Å². The number of hydrogen-bond donors (Lipinski definition) is 3.